The lowest BCUT2D eigenvalue weighted by Crippen LogP contribution is -2.32. The predicted molar refractivity (Wildman–Crippen MR) is 150 cm³/mol. The van der Waals surface area contributed by atoms with E-state index >= 15 is 0 Å². The van der Waals surface area contributed by atoms with E-state index in [4.69, 9.17) is 0 Å². The van der Waals surface area contributed by atoms with Gasteiger partial charge in [-0.25, -0.2) is 4.79 Å². The number of carboxylic acid groups (broad SMARTS) is 1. The second kappa shape index (κ2) is 10.8. The maximum Gasteiger partial charge on any atom is 0.335 e. The van der Waals surface area contributed by atoms with Gasteiger partial charge in [0.1, 0.15) is 0 Å². The minimum Gasteiger partial charge on any atom is -0.478 e. The van der Waals surface area contributed by atoms with Gasteiger partial charge in [-0.15, -0.1) is 0 Å². The van der Waals surface area contributed by atoms with Crippen LogP contribution in [-0.4, -0.2) is 33.4 Å². The number of nitrogens with zero attached hydrogens (tertiary/aromatic N) is 2. The largest absolute Gasteiger partial charge is 0.478 e. The number of nitrogens with one attached hydrogen (secondary N) is 1. The summed E-state index contributed by atoms with van der Waals surface area (Å²) in [6.07, 6.45) is 5.44. The molecule has 6 rings (SSSR count). The lowest BCUT2D eigenvalue weighted by atomic mass is 9.87. The third-order valence-corrected chi connectivity index (χ3v) is 7.95. The first-order valence-electron chi connectivity index (χ1n) is 13.5. The fourth-order valence-electron chi connectivity index (χ4n) is 5.80. The fraction of sp³-hybridized carbons (Fsp3) is 0.242. The second-order valence-corrected chi connectivity index (χ2v) is 10.5. The molecular formula is C33H31N3O3. The topological polar surface area (TPSA) is 82.5 Å². The fourth-order valence-corrected chi connectivity index (χ4v) is 5.80. The molecule has 2 heterocycles. The van der Waals surface area contributed by atoms with Crippen molar-refractivity contribution in [1.29, 1.82) is 0 Å². The van der Waals surface area contributed by atoms with Crippen LogP contribution in [-0.2, 0) is 30.8 Å². The highest BCUT2D eigenvalue weighted by Crippen LogP contribution is 2.47. The minimum absolute atomic E-state index is 0.0309. The molecule has 4 aromatic rings. The normalized spacial score (nSPS) is 18.3. The van der Waals surface area contributed by atoms with Crippen LogP contribution in [0.2, 0.25) is 0 Å². The lowest BCUT2D eigenvalue weighted by molar-refractivity contribution is -0.122. The molecule has 39 heavy (non-hydrogen) atoms. The molecule has 0 bridgehead atoms. The van der Waals surface area contributed by atoms with Crippen LogP contribution < -0.4 is 5.32 Å². The van der Waals surface area contributed by atoms with Gasteiger partial charge in [-0.3, -0.25) is 14.7 Å². The van der Waals surface area contributed by atoms with Crippen LogP contribution in [0.15, 0.2) is 91.3 Å². The Morgan fingerprint density at radius 3 is 2.64 bits per heavy atom. The number of pyridine rings is 1. The van der Waals surface area contributed by atoms with Gasteiger partial charge in [-0.2, -0.15) is 0 Å². The molecule has 2 N–H and O–H groups in total. The number of aromatic carboxylic acids is 1. The monoisotopic (exact) mass is 517 g/mol. The molecule has 6 nitrogen and oxygen atoms in total. The average molecular weight is 518 g/mol. The molecule has 1 saturated carbocycles. The number of hydrogen-bond donors (Lipinski definition) is 2. The molecule has 1 aliphatic carbocycles. The van der Waals surface area contributed by atoms with E-state index in [1.165, 1.54) is 22.3 Å². The summed E-state index contributed by atoms with van der Waals surface area (Å²) in [4.78, 5) is 31.3. The Balaban J connectivity index is 1.25. The maximum atomic E-state index is 13.0. The molecule has 0 unspecified atom stereocenters. The van der Waals surface area contributed by atoms with Gasteiger partial charge in [0, 0.05) is 44.5 Å². The predicted octanol–water partition coefficient (Wildman–Crippen LogP) is 5.43. The van der Waals surface area contributed by atoms with Crippen LogP contribution in [0.4, 0.5) is 0 Å². The van der Waals surface area contributed by atoms with E-state index in [-0.39, 0.29) is 17.4 Å². The van der Waals surface area contributed by atoms with Crippen molar-refractivity contribution >= 4 is 11.9 Å². The molecule has 3 aromatic carbocycles. The van der Waals surface area contributed by atoms with Crippen LogP contribution in [0, 0.1) is 5.92 Å². The van der Waals surface area contributed by atoms with Crippen LogP contribution in [0.5, 0.6) is 0 Å². The van der Waals surface area contributed by atoms with Crippen LogP contribution in [0.3, 0.4) is 0 Å². The number of fused-ring (bicyclic) bond motifs is 1. The molecule has 2 atom stereocenters. The van der Waals surface area contributed by atoms with E-state index in [2.05, 4.69) is 45.5 Å². The van der Waals surface area contributed by atoms with E-state index in [0.29, 0.717) is 12.5 Å². The van der Waals surface area contributed by atoms with E-state index in [1.54, 1.807) is 24.4 Å². The third-order valence-electron chi connectivity index (χ3n) is 7.95. The van der Waals surface area contributed by atoms with E-state index in [1.807, 2.05) is 36.5 Å². The zero-order valence-electron chi connectivity index (χ0n) is 21.7. The molecule has 1 fully saturated rings. The van der Waals surface area contributed by atoms with Gasteiger partial charge in [0.2, 0.25) is 5.91 Å². The number of carbonyl (C=O) groups excluding carboxylic acids is 1. The third kappa shape index (κ3) is 5.47. The number of carboxylic acids is 1. The summed E-state index contributed by atoms with van der Waals surface area (Å²) >= 11 is 0. The Kier molecular flexibility index (Phi) is 6.95. The SMILES string of the molecule is O=C(O)c1cccc(-c2ccc(CNC(=O)[C@@H]3C[C@@H]3c3ccccc3)c3c2CCN(Cc2cccnc2)C3)c1. The van der Waals surface area contributed by atoms with Crippen molar-refractivity contribution in [1.82, 2.24) is 15.2 Å². The molecular weight excluding hydrogens is 486 g/mol. The van der Waals surface area contributed by atoms with Gasteiger partial charge in [0.15, 0.2) is 0 Å². The quantitative estimate of drug-likeness (QED) is 0.326. The summed E-state index contributed by atoms with van der Waals surface area (Å²) in [6, 6.07) is 25.6. The average Bonchev–Trinajstić information content (AvgIpc) is 3.78. The summed E-state index contributed by atoms with van der Waals surface area (Å²) < 4.78 is 0. The molecule has 1 aromatic heterocycles. The van der Waals surface area contributed by atoms with Gasteiger partial charge >= 0.3 is 5.97 Å². The minimum atomic E-state index is -0.929. The zero-order valence-corrected chi connectivity index (χ0v) is 21.7. The van der Waals surface area contributed by atoms with Crippen molar-refractivity contribution in [2.45, 2.75) is 38.4 Å². The molecule has 1 aliphatic heterocycles. The van der Waals surface area contributed by atoms with Crippen molar-refractivity contribution in [2.75, 3.05) is 6.54 Å². The highest BCUT2D eigenvalue weighted by molar-refractivity contribution is 5.89. The van der Waals surface area contributed by atoms with E-state index < -0.39 is 5.97 Å². The van der Waals surface area contributed by atoms with Crippen molar-refractivity contribution in [3.8, 4) is 11.1 Å². The molecule has 2 aliphatic rings. The summed E-state index contributed by atoms with van der Waals surface area (Å²) in [5.41, 5.74) is 8.23. The van der Waals surface area contributed by atoms with E-state index in [9.17, 15) is 14.7 Å². The van der Waals surface area contributed by atoms with Gasteiger partial charge in [-0.05, 0) is 75.9 Å². The Morgan fingerprint density at radius 1 is 0.974 bits per heavy atom. The highest BCUT2D eigenvalue weighted by atomic mass is 16.4. The summed E-state index contributed by atoms with van der Waals surface area (Å²) in [5, 5.41) is 12.7. The van der Waals surface area contributed by atoms with Crippen LogP contribution in [0.25, 0.3) is 11.1 Å². The van der Waals surface area contributed by atoms with Crippen molar-refractivity contribution in [2.24, 2.45) is 5.92 Å². The summed E-state index contributed by atoms with van der Waals surface area (Å²) in [5.74, 6) is -0.484. The Bertz CT molecular complexity index is 1500. The number of aromatic nitrogens is 1. The van der Waals surface area contributed by atoms with Gasteiger partial charge in [0.05, 0.1) is 5.56 Å². The number of hydrogen-bond acceptors (Lipinski definition) is 4. The maximum absolute atomic E-state index is 13.0. The summed E-state index contributed by atoms with van der Waals surface area (Å²) in [6.45, 7) is 2.94. The zero-order chi connectivity index (χ0) is 26.8. The van der Waals surface area contributed by atoms with E-state index in [0.717, 1.165) is 49.2 Å². The first kappa shape index (κ1) is 25.0. The second-order valence-electron chi connectivity index (χ2n) is 10.5. The first-order valence-corrected chi connectivity index (χ1v) is 13.5. The molecule has 0 spiro atoms. The molecule has 0 saturated heterocycles. The van der Waals surface area contributed by atoms with Crippen molar-refractivity contribution in [3.05, 3.63) is 125 Å². The Labute approximate surface area is 228 Å². The van der Waals surface area contributed by atoms with Crippen LogP contribution in [0.1, 0.15) is 50.5 Å². The van der Waals surface area contributed by atoms with Gasteiger partial charge in [-0.1, -0.05) is 60.7 Å². The Hall–Kier alpha value is -4.29. The standard InChI is InChI=1S/C33H31N3O3/c37-32(30-17-29(30)23-7-2-1-3-8-23)35-19-26-11-12-27(24-9-4-10-25(16-24)33(38)39)28-13-15-36(21-31(26)28)20-22-6-5-14-34-18-22/h1-12,14,16,18,29-30H,13,15,17,19-21H2,(H,35,37)(H,38,39)/t29-,30-/m1/s1. The number of rotatable bonds is 8. The molecule has 1 amide bonds. The Morgan fingerprint density at radius 2 is 1.85 bits per heavy atom. The summed E-state index contributed by atoms with van der Waals surface area (Å²) in [7, 11) is 0. The smallest absolute Gasteiger partial charge is 0.335 e. The molecule has 6 heteroatoms. The number of carbonyl (C=O) groups is 2. The van der Waals surface area contributed by atoms with Crippen molar-refractivity contribution < 1.29 is 14.7 Å². The lowest BCUT2D eigenvalue weighted by Gasteiger charge is -2.32. The first-order chi connectivity index (χ1) is 19.1. The molecule has 0 radical (unpaired) electrons. The highest BCUT2D eigenvalue weighted by Gasteiger charge is 2.43. The van der Waals surface area contributed by atoms with Gasteiger partial charge < -0.3 is 10.4 Å². The van der Waals surface area contributed by atoms with Crippen LogP contribution >= 0.6 is 0 Å². The number of benzene rings is 3. The molecule has 196 valence electrons. The van der Waals surface area contributed by atoms with Crippen molar-refractivity contribution in [3.63, 3.8) is 0 Å². The number of amides is 1. The van der Waals surface area contributed by atoms with Gasteiger partial charge in [0.25, 0.3) is 0 Å².